The highest BCUT2D eigenvalue weighted by atomic mass is 32.2. The quantitative estimate of drug-likeness (QED) is 0.247. The third kappa shape index (κ3) is 5.67. The number of ether oxygens (including phenoxy) is 2. The number of carbonyl (C=O) groups is 2. The van der Waals surface area contributed by atoms with Gasteiger partial charge in [0, 0.05) is 36.1 Å². The smallest absolute Gasteiger partial charge is 0.336 e. The van der Waals surface area contributed by atoms with E-state index in [0.717, 1.165) is 7.11 Å². The Balaban J connectivity index is 2.75. The minimum absolute atomic E-state index is 0.0551. The molecule has 0 aromatic heterocycles. The number of nitro groups is 1. The van der Waals surface area contributed by atoms with Gasteiger partial charge in [0.2, 0.25) is 0 Å². The van der Waals surface area contributed by atoms with Gasteiger partial charge in [0.1, 0.15) is 12.6 Å². The van der Waals surface area contributed by atoms with Crippen LogP contribution in [0.4, 0.5) is 10.1 Å². The zero-order valence-corrected chi connectivity index (χ0v) is 18.0. The first-order valence-corrected chi connectivity index (χ1v) is 10.7. The first kappa shape index (κ1) is 24.5. The molecule has 2 N–H and O–H groups in total. The molecule has 0 saturated carbocycles. The topological polar surface area (TPSA) is 134 Å². The largest absolute Gasteiger partial charge is 0.468 e. The highest BCUT2D eigenvalue weighted by Gasteiger charge is 2.44. The molecule has 168 valence electrons. The monoisotopic (exact) mass is 453 g/mol. The van der Waals surface area contributed by atoms with E-state index in [1.807, 2.05) is 0 Å². The third-order valence-corrected chi connectivity index (χ3v) is 5.62. The first-order chi connectivity index (χ1) is 14.9. The van der Waals surface area contributed by atoms with Crippen LogP contribution >= 0.6 is 11.8 Å². The average molecular weight is 453 g/mol. The van der Waals surface area contributed by atoms with Crippen molar-refractivity contribution in [2.24, 2.45) is 16.6 Å². The van der Waals surface area contributed by atoms with E-state index in [0.29, 0.717) is 12.3 Å². The van der Waals surface area contributed by atoms with Crippen LogP contribution < -0.4 is 5.73 Å². The van der Waals surface area contributed by atoms with Crippen molar-refractivity contribution in [1.29, 1.82) is 0 Å². The molecule has 0 saturated heterocycles. The second kappa shape index (κ2) is 11.6. The highest BCUT2D eigenvalue weighted by Crippen LogP contribution is 2.41. The molecule has 0 aliphatic carbocycles. The van der Waals surface area contributed by atoms with Crippen LogP contribution in [0.15, 0.2) is 40.5 Å². The lowest BCUT2D eigenvalue weighted by atomic mass is 9.75. The van der Waals surface area contributed by atoms with Crippen molar-refractivity contribution in [2.45, 2.75) is 12.8 Å². The van der Waals surface area contributed by atoms with Crippen molar-refractivity contribution < 1.29 is 28.4 Å². The van der Waals surface area contributed by atoms with E-state index in [1.165, 1.54) is 30.0 Å². The van der Waals surface area contributed by atoms with Crippen LogP contribution in [-0.2, 0) is 19.1 Å². The lowest BCUT2D eigenvalue weighted by molar-refractivity contribution is -0.384. The highest BCUT2D eigenvalue weighted by molar-refractivity contribution is 7.99. The molecular weight excluding hydrogens is 429 g/mol. The van der Waals surface area contributed by atoms with Gasteiger partial charge in [0.25, 0.3) is 5.69 Å². The Kier molecular flexibility index (Phi) is 9.13. The third-order valence-electron chi connectivity index (χ3n) is 4.62. The summed E-state index contributed by atoms with van der Waals surface area (Å²) in [5.41, 5.74) is 5.79. The van der Waals surface area contributed by atoms with Gasteiger partial charge in [-0.1, -0.05) is 12.1 Å². The van der Waals surface area contributed by atoms with Gasteiger partial charge in [-0.3, -0.25) is 19.9 Å². The van der Waals surface area contributed by atoms with Crippen molar-refractivity contribution in [2.75, 3.05) is 38.4 Å². The van der Waals surface area contributed by atoms with Crippen LogP contribution in [0.3, 0.4) is 0 Å². The van der Waals surface area contributed by atoms with Crippen LogP contribution in [0, 0.1) is 16.0 Å². The minimum atomic E-state index is -1.26. The molecule has 2 unspecified atom stereocenters. The van der Waals surface area contributed by atoms with E-state index >= 15 is 0 Å². The Labute approximate surface area is 183 Å². The number of benzene rings is 1. The Morgan fingerprint density at radius 2 is 2.13 bits per heavy atom. The van der Waals surface area contributed by atoms with Gasteiger partial charge in [-0.25, -0.2) is 9.18 Å². The lowest BCUT2D eigenvalue weighted by Crippen LogP contribution is -2.38. The fraction of sp³-hybridized carbons (Fsp3) is 0.450. The van der Waals surface area contributed by atoms with Crippen molar-refractivity contribution >= 4 is 35.1 Å². The SMILES string of the molecule is CCOC(=O)C1=C(CSCCN)N=C(CF)C(C(=O)OC)C1c1cccc([N+](=O)[O-])c1. The molecule has 31 heavy (non-hydrogen) atoms. The number of hydrogen-bond donors (Lipinski definition) is 1. The van der Waals surface area contributed by atoms with Crippen molar-refractivity contribution in [3.63, 3.8) is 0 Å². The van der Waals surface area contributed by atoms with Crippen LogP contribution in [0.25, 0.3) is 0 Å². The normalized spacial score (nSPS) is 18.4. The molecule has 2 atom stereocenters. The van der Waals surface area contributed by atoms with E-state index in [4.69, 9.17) is 15.2 Å². The second-order valence-corrected chi connectivity index (χ2v) is 7.59. The van der Waals surface area contributed by atoms with E-state index in [2.05, 4.69) is 4.99 Å². The molecule has 0 bridgehead atoms. The number of non-ortho nitro benzene ring substituents is 1. The fourth-order valence-electron chi connectivity index (χ4n) is 3.36. The molecule has 9 nitrogen and oxygen atoms in total. The van der Waals surface area contributed by atoms with Crippen LogP contribution in [0.2, 0.25) is 0 Å². The Hall–Kier alpha value is -2.79. The maximum Gasteiger partial charge on any atom is 0.336 e. The van der Waals surface area contributed by atoms with Gasteiger partial charge in [-0.15, -0.1) is 0 Å². The number of thioether (sulfide) groups is 1. The molecule has 1 aromatic rings. The number of nitrogens with zero attached hydrogens (tertiary/aromatic N) is 2. The van der Waals surface area contributed by atoms with Gasteiger partial charge < -0.3 is 15.2 Å². The number of nitro benzene ring substituents is 1. The minimum Gasteiger partial charge on any atom is -0.468 e. The molecule has 0 amide bonds. The average Bonchev–Trinajstić information content (AvgIpc) is 2.77. The Bertz CT molecular complexity index is 905. The molecule has 1 aromatic carbocycles. The van der Waals surface area contributed by atoms with Crippen molar-refractivity contribution in [3.05, 3.63) is 51.2 Å². The van der Waals surface area contributed by atoms with Crippen molar-refractivity contribution in [3.8, 4) is 0 Å². The standard InChI is InChI=1S/C20H24FN3O6S/c1-3-30-20(26)18-15(11-31-8-7-22)23-14(10-21)17(19(25)29-2)16(18)12-5-4-6-13(9-12)24(27)28/h4-6,9,16-17H,3,7-8,10-11,22H2,1-2H3. The van der Waals surface area contributed by atoms with Gasteiger partial charge in [-0.05, 0) is 12.5 Å². The van der Waals surface area contributed by atoms with E-state index < -0.39 is 35.4 Å². The number of halogens is 1. The Morgan fingerprint density at radius 3 is 2.71 bits per heavy atom. The summed E-state index contributed by atoms with van der Waals surface area (Å²) < 4.78 is 24.0. The van der Waals surface area contributed by atoms with Gasteiger partial charge >= 0.3 is 11.9 Å². The predicted octanol–water partition coefficient (Wildman–Crippen LogP) is 2.40. The number of alkyl halides is 1. The zero-order chi connectivity index (χ0) is 23.0. The zero-order valence-electron chi connectivity index (χ0n) is 17.2. The maximum absolute atomic E-state index is 13.9. The second-order valence-electron chi connectivity index (χ2n) is 6.49. The number of carbonyl (C=O) groups excluding carboxylic acids is 2. The number of methoxy groups -OCH3 is 1. The van der Waals surface area contributed by atoms with Gasteiger partial charge in [0.15, 0.2) is 0 Å². The van der Waals surface area contributed by atoms with Crippen LogP contribution in [0.5, 0.6) is 0 Å². The van der Waals surface area contributed by atoms with E-state index in [1.54, 1.807) is 13.0 Å². The first-order valence-electron chi connectivity index (χ1n) is 9.53. The van der Waals surface area contributed by atoms with E-state index in [-0.39, 0.29) is 40.6 Å². The number of hydrogen-bond acceptors (Lipinski definition) is 9. The number of aliphatic imine (C=N–C) groups is 1. The molecule has 0 radical (unpaired) electrons. The van der Waals surface area contributed by atoms with E-state index in [9.17, 15) is 24.1 Å². The summed E-state index contributed by atoms with van der Waals surface area (Å²) in [6.45, 7) is 1.04. The van der Waals surface area contributed by atoms with Crippen LogP contribution in [0.1, 0.15) is 18.4 Å². The van der Waals surface area contributed by atoms with Crippen molar-refractivity contribution in [1.82, 2.24) is 0 Å². The molecule has 1 heterocycles. The summed E-state index contributed by atoms with van der Waals surface area (Å²) in [6.07, 6.45) is 0. The summed E-state index contributed by atoms with van der Waals surface area (Å²) in [5, 5.41) is 11.3. The maximum atomic E-state index is 13.9. The lowest BCUT2D eigenvalue weighted by Gasteiger charge is -2.32. The number of rotatable bonds is 10. The molecule has 1 aliphatic rings. The summed E-state index contributed by atoms with van der Waals surface area (Å²) in [7, 11) is 1.14. The molecule has 0 fully saturated rings. The van der Waals surface area contributed by atoms with Gasteiger partial charge in [-0.2, -0.15) is 11.8 Å². The molecule has 11 heteroatoms. The summed E-state index contributed by atoms with van der Waals surface area (Å²) in [4.78, 5) is 40.5. The molecule has 0 spiro atoms. The fourth-order valence-corrected chi connectivity index (χ4v) is 4.08. The predicted molar refractivity (Wildman–Crippen MR) is 115 cm³/mol. The summed E-state index contributed by atoms with van der Waals surface area (Å²) in [5.74, 6) is -3.04. The number of nitrogens with two attached hydrogens (primary N) is 1. The van der Waals surface area contributed by atoms with Gasteiger partial charge in [0.05, 0.1) is 35.6 Å². The molecule has 1 aliphatic heterocycles. The molecular formula is C20H24FN3O6S. The molecule has 2 rings (SSSR count). The number of esters is 2. The summed E-state index contributed by atoms with van der Waals surface area (Å²) in [6, 6.07) is 5.52. The Morgan fingerprint density at radius 1 is 1.39 bits per heavy atom. The van der Waals surface area contributed by atoms with Crippen LogP contribution in [-0.4, -0.2) is 61.0 Å². The summed E-state index contributed by atoms with van der Waals surface area (Å²) >= 11 is 1.39.